The van der Waals surface area contributed by atoms with Crippen LogP contribution in [0.3, 0.4) is 0 Å². The van der Waals surface area contributed by atoms with Gasteiger partial charge in [-0.05, 0) is 11.8 Å². The topological polar surface area (TPSA) is 55.1 Å². The minimum atomic E-state index is 0.0767. The first-order valence-corrected chi connectivity index (χ1v) is 4.40. The highest BCUT2D eigenvalue weighted by Gasteiger charge is 2.50. The molecule has 12 heavy (non-hydrogen) atoms. The lowest BCUT2D eigenvalue weighted by atomic mass is 10.1. The minimum Gasteiger partial charge on any atom is -0.392 e. The van der Waals surface area contributed by atoms with E-state index in [1.807, 2.05) is 0 Å². The molecule has 3 N–H and O–H groups in total. The van der Waals surface area contributed by atoms with E-state index in [9.17, 15) is 4.79 Å². The van der Waals surface area contributed by atoms with Crippen LogP contribution < -0.4 is 11.1 Å². The molecule has 0 bridgehead atoms. The third kappa shape index (κ3) is 2.17. The van der Waals surface area contributed by atoms with Gasteiger partial charge in [-0.3, -0.25) is 4.79 Å². The molecule has 68 valence electrons. The molecule has 0 saturated heterocycles. The van der Waals surface area contributed by atoms with Crippen LogP contribution in [0, 0.1) is 11.3 Å². The molecule has 0 aliphatic heterocycles. The zero-order chi connectivity index (χ0) is 9.35. The molecule has 1 aliphatic rings. The Labute approximate surface area is 77.7 Å². The number of carbonyl (C=O) groups is 1. The van der Waals surface area contributed by atoms with Crippen LogP contribution in [0.2, 0.25) is 0 Å². The largest absolute Gasteiger partial charge is 0.392 e. The van der Waals surface area contributed by atoms with Gasteiger partial charge in [-0.15, -0.1) is 0 Å². The van der Waals surface area contributed by atoms with Gasteiger partial charge in [0.2, 0.25) is 5.91 Å². The summed E-state index contributed by atoms with van der Waals surface area (Å²) in [5.41, 5.74) is 5.43. The Morgan fingerprint density at radius 2 is 2.25 bits per heavy atom. The number of hydrogen-bond acceptors (Lipinski definition) is 2. The van der Waals surface area contributed by atoms with Gasteiger partial charge in [0, 0.05) is 5.92 Å². The third-order valence-electron chi connectivity index (χ3n) is 2.27. The zero-order valence-corrected chi connectivity index (χ0v) is 8.20. The molecule has 0 spiro atoms. The summed E-state index contributed by atoms with van der Waals surface area (Å²) < 4.78 is 0. The van der Waals surface area contributed by atoms with E-state index in [1.165, 1.54) is 0 Å². The second-order valence-corrected chi connectivity index (χ2v) is 4.45. The number of amides is 1. The van der Waals surface area contributed by atoms with E-state index < -0.39 is 0 Å². The molecule has 0 heterocycles. The van der Waals surface area contributed by atoms with E-state index in [1.54, 1.807) is 0 Å². The number of thiocarbonyl (C=S) groups is 1. The summed E-state index contributed by atoms with van der Waals surface area (Å²) in [6, 6.07) is 0. The first-order chi connectivity index (χ1) is 5.43. The van der Waals surface area contributed by atoms with Crippen molar-refractivity contribution in [3.63, 3.8) is 0 Å². The van der Waals surface area contributed by atoms with Crippen LogP contribution in [0.25, 0.3) is 0 Å². The highest BCUT2D eigenvalue weighted by molar-refractivity contribution is 7.80. The fraction of sp³-hybridized carbons (Fsp3) is 0.750. The SMILES string of the molecule is CC1(C)CC1C(=O)NCC(N)=S. The van der Waals surface area contributed by atoms with Crippen LogP contribution in [-0.4, -0.2) is 17.4 Å². The Hall–Kier alpha value is -0.640. The van der Waals surface area contributed by atoms with Gasteiger partial charge < -0.3 is 11.1 Å². The van der Waals surface area contributed by atoms with Crippen LogP contribution in [0.4, 0.5) is 0 Å². The average Bonchev–Trinajstić information content (AvgIpc) is 2.55. The van der Waals surface area contributed by atoms with Crippen LogP contribution in [0.1, 0.15) is 20.3 Å². The molecule has 0 aromatic heterocycles. The van der Waals surface area contributed by atoms with Crippen LogP contribution in [-0.2, 0) is 4.79 Å². The summed E-state index contributed by atoms with van der Waals surface area (Å²) >= 11 is 4.64. The molecule has 1 aliphatic carbocycles. The summed E-state index contributed by atoms with van der Waals surface area (Å²) in [6.45, 7) is 4.48. The average molecular weight is 186 g/mol. The highest BCUT2D eigenvalue weighted by Crippen LogP contribution is 2.51. The van der Waals surface area contributed by atoms with Gasteiger partial charge in [0.25, 0.3) is 0 Å². The van der Waals surface area contributed by atoms with E-state index in [0.29, 0.717) is 11.5 Å². The van der Waals surface area contributed by atoms with E-state index in [-0.39, 0.29) is 17.2 Å². The number of nitrogens with two attached hydrogens (primary N) is 1. The van der Waals surface area contributed by atoms with Crippen molar-refractivity contribution in [1.82, 2.24) is 5.32 Å². The van der Waals surface area contributed by atoms with Crippen LogP contribution in [0.5, 0.6) is 0 Å². The number of rotatable bonds is 3. The molecule has 1 fully saturated rings. The smallest absolute Gasteiger partial charge is 0.224 e. The molecule has 0 aromatic rings. The van der Waals surface area contributed by atoms with Gasteiger partial charge in [-0.1, -0.05) is 26.1 Å². The fourth-order valence-corrected chi connectivity index (χ4v) is 1.28. The molecule has 1 atom stereocenters. The second-order valence-electron chi connectivity index (χ2n) is 3.93. The van der Waals surface area contributed by atoms with Crippen molar-refractivity contribution in [3.8, 4) is 0 Å². The van der Waals surface area contributed by atoms with Gasteiger partial charge in [0.05, 0.1) is 11.5 Å². The summed E-state index contributed by atoms with van der Waals surface area (Å²) in [7, 11) is 0. The van der Waals surface area contributed by atoms with Crippen LogP contribution >= 0.6 is 12.2 Å². The lowest BCUT2D eigenvalue weighted by molar-refractivity contribution is -0.122. The summed E-state index contributed by atoms with van der Waals surface area (Å²) in [4.78, 5) is 11.6. The first-order valence-electron chi connectivity index (χ1n) is 3.99. The van der Waals surface area contributed by atoms with Crippen molar-refractivity contribution in [3.05, 3.63) is 0 Å². The molecule has 0 radical (unpaired) electrons. The summed E-state index contributed by atoms with van der Waals surface area (Å²) in [5.74, 6) is 0.236. The van der Waals surface area contributed by atoms with Gasteiger partial charge in [0.1, 0.15) is 0 Å². The predicted molar refractivity (Wildman–Crippen MR) is 51.7 cm³/mol. The molecule has 1 amide bonds. The Bertz CT molecular complexity index is 225. The highest BCUT2D eigenvalue weighted by atomic mass is 32.1. The van der Waals surface area contributed by atoms with Crippen molar-refractivity contribution >= 4 is 23.1 Å². The molecular weight excluding hydrogens is 172 g/mol. The molecule has 4 heteroatoms. The quantitative estimate of drug-likeness (QED) is 0.629. The molecule has 0 aromatic carbocycles. The monoisotopic (exact) mass is 186 g/mol. The lowest BCUT2D eigenvalue weighted by Gasteiger charge is -2.04. The predicted octanol–water partition coefficient (Wildman–Crippen LogP) is 0.435. The maximum Gasteiger partial charge on any atom is 0.224 e. The number of nitrogens with one attached hydrogen (secondary N) is 1. The van der Waals surface area contributed by atoms with Gasteiger partial charge in [-0.2, -0.15) is 0 Å². The fourth-order valence-electron chi connectivity index (χ4n) is 1.21. The maximum absolute atomic E-state index is 11.3. The Kier molecular flexibility index (Phi) is 2.37. The maximum atomic E-state index is 11.3. The van der Waals surface area contributed by atoms with Crippen LogP contribution in [0.15, 0.2) is 0 Å². The van der Waals surface area contributed by atoms with E-state index in [2.05, 4.69) is 31.4 Å². The number of carbonyl (C=O) groups excluding carboxylic acids is 1. The lowest BCUT2D eigenvalue weighted by Crippen LogP contribution is -2.34. The second kappa shape index (κ2) is 3.01. The normalized spacial score (nSPS) is 24.7. The Morgan fingerprint density at radius 3 is 2.58 bits per heavy atom. The Balaban J connectivity index is 2.27. The third-order valence-corrected chi connectivity index (χ3v) is 2.41. The molecule has 1 unspecified atom stereocenters. The summed E-state index contributed by atoms with van der Waals surface area (Å²) in [5, 5.41) is 2.69. The van der Waals surface area contributed by atoms with E-state index in [4.69, 9.17) is 5.73 Å². The standard InChI is InChI=1S/C8H14N2OS/c1-8(2)3-5(8)7(11)10-4-6(9)12/h5H,3-4H2,1-2H3,(H2,9,12)(H,10,11). The van der Waals surface area contributed by atoms with Gasteiger partial charge >= 0.3 is 0 Å². The summed E-state index contributed by atoms with van der Waals surface area (Å²) in [6.07, 6.45) is 0.968. The van der Waals surface area contributed by atoms with E-state index in [0.717, 1.165) is 6.42 Å². The zero-order valence-electron chi connectivity index (χ0n) is 7.39. The molecule has 1 rings (SSSR count). The minimum absolute atomic E-state index is 0.0767. The molecule has 3 nitrogen and oxygen atoms in total. The first kappa shape index (κ1) is 9.45. The molecular formula is C8H14N2OS. The van der Waals surface area contributed by atoms with Crippen molar-refractivity contribution in [2.24, 2.45) is 17.1 Å². The van der Waals surface area contributed by atoms with Gasteiger partial charge in [0.15, 0.2) is 0 Å². The van der Waals surface area contributed by atoms with Crippen molar-refractivity contribution in [2.45, 2.75) is 20.3 Å². The van der Waals surface area contributed by atoms with Crippen molar-refractivity contribution < 1.29 is 4.79 Å². The van der Waals surface area contributed by atoms with E-state index >= 15 is 0 Å². The van der Waals surface area contributed by atoms with Crippen molar-refractivity contribution in [1.29, 1.82) is 0 Å². The van der Waals surface area contributed by atoms with Crippen molar-refractivity contribution in [2.75, 3.05) is 6.54 Å². The Morgan fingerprint density at radius 1 is 1.75 bits per heavy atom. The molecule has 1 saturated carbocycles. The van der Waals surface area contributed by atoms with Gasteiger partial charge in [-0.25, -0.2) is 0 Å². The number of hydrogen-bond donors (Lipinski definition) is 2.